The minimum absolute atomic E-state index is 0. The van der Waals surface area contributed by atoms with Crippen LogP contribution in [0.3, 0.4) is 0 Å². The van der Waals surface area contributed by atoms with E-state index in [1.807, 2.05) is 0 Å². The highest BCUT2D eigenvalue weighted by atomic mass is 35.5. The summed E-state index contributed by atoms with van der Waals surface area (Å²) < 4.78 is 9.99. The second-order valence-corrected chi connectivity index (χ2v) is 5.21. The highest BCUT2D eigenvalue weighted by Crippen LogP contribution is 2.22. The van der Waals surface area contributed by atoms with E-state index in [2.05, 4.69) is 0 Å². The molecule has 0 saturated carbocycles. The Hall–Kier alpha value is -1.01. The van der Waals surface area contributed by atoms with Crippen molar-refractivity contribution in [2.24, 2.45) is 5.73 Å². The molecule has 0 radical (unpaired) electrons. The largest absolute Gasteiger partial charge is 0.465 e. The van der Waals surface area contributed by atoms with E-state index in [-0.39, 0.29) is 32.1 Å². The first-order valence-corrected chi connectivity index (χ1v) is 5.62. The second-order valence-electron chi connectivity index (χ2n) is 5.21. The van der Waals surface area contributed by atoms with E-state index in [0.29, 0.717) is 0 Å². The molecule has 0 aliphatic carbocycles. The Balaban J connectivity index is 0.00000289. The van der Waals surface area contributed by atoms with Crippen molar-refractivity contribution in [2.75, 3.05) is 19.7 Å². The normalized spacial score (nSPS) is 17.3. The van der Waals surface area contributed by atoms with Crippen LogP contribution in [0.25, 0.3) is 0 Å². The van der Waals surface area contributed by atoms with E-state index in [4.69, 9.17) is 15.2 Å². The average Bonchev–Trinajstić information content (AvgIpc) is 2.10. The molecular weight excluding hydrogens is 260 g/mol. The quantitative estimate of drug-likeness (QED) is 0.761. The van der Waals surface area contributed by atoms with Crippen LogP contribution < -0.4 is 5.73 Å². The Kier molecular flexibility index (Phi) is 5.43. The topological polar surface area (TPSA) is 81.9 Å². The number of hydrogen-bond donors (Lipinski definition) is 1. The fraction of sp³-hybridized carbons (Fsp3) is 0.818. The monoisotopic (exact) mass is 280 g/mol. The van der Waals surface area contributed by atoms with E-state index in [9.17, 15) is 9.59 Å². The van der Waals surface area contributed by atoms with Crippen LogP contribution >= 0.6 is 12.4 Å². The predicted molar refractivity (Wildman–Crippen MR) is 68.6 cm³/mol. The third-order valence-electron chi connectivity index (χ3n) is 2.28. The van der Waals surface area contributed by atoms with Crippen LogP contribution in [0.1, 0.15) is 27.7 Å². The zero-order valence-electron chi connectivity index (χ0n) is 11.2. The van der Waals surface area contributed by atoms with Gasteiger partial charge in [-0.2, -0.15) is 0 Å². The summed E-state index contributed by atoms with van der Waals surface area (Å²) >= 11 is 0. The van der Waals surface area contributed by atoms with Gasteiger partial charge in [0.05, 0.1) is 19.7 Å². The standard InChI is InChI=1S/C11H20N2O4.ClH/c1-5-16-8(14)11(12)6-13(7-11)9(15)17-10(2,3)4;/h5-7,12H2,1-4H3;1H. The molecule has 0 aromatic heterocycles. The van der Waals surface area contributed by atoms with Gasteiger partial charge in [-0.05, 0) is 27.7 Å². The summed E-state index contributed by atoms with van der Waals surface area (Å²) in [4.78, 5) is 24.5. The van der Waals surface area contributed by atoms with Gasteiger partial charge in [-0.3, -0.25) is 0 Å². The number of nitrogens with two attached hydrogens (primary N) is 1. The van der Waals surface area contributed by atoms with Crippen LogP contribution in [0, 0.1) is 0 Å². The molecule has 1 heterocycles. The summed E-state index contributed by atoms with van der Waals surface area (Å²) in [5, 5.41) is 0. The number of carbonyl (C=O) groups excluding carboxylic acids is 2. The lowest BCUT2D eigenvalue weighted by molar-refractivity contribution is -0.155. The number of nitrogens with zero attached hydrogens (tertiary/aromatic N) is 1. The van der Waals surface area contributed by atoms with E-state index in [1.54, 1.807) is 27.7 Å². The fourth-order valence-electron chi connectivity index (χ4n) is 1.49. The lowest BCUT2D eigenvalue weighted by Gasteiger charge is -2.45. The molecule has 0 spiro atoms. The van der Waals surface area contributed by atoms with Crippen molar-refractivity contribution in [2.45, 2.75) is 38.8 Å². The molecule has 1 amide bonds. The van der Waals surface area contributed by atoms with Crippen LogP contribution in [0.5, 0.6) is 0 Å². The molecule has 1 rings (SSSR count). The molecule has 1 aliphatic heterocycles. The molecule has 1 fully saturated rings. The molecule has 1 aliphatic rings. The molecule has 0 aromatic carbocycles. The molecule has 6 nitrogen and oxygen atoms in total. The Bertz CT molecular complexity index is 321. The number of esters is 1. The lowest BCUT2D eigenvalue weighted by Crippen LogP contribution is -2.73. The molecule has 1 saturated heterocycles. The van der Waals surface area contributed by atoms with Gasteiger partial charge in [0.25, 0.3) is 0 Å². The van der Waals surface area contributed by atoms with E-state index in [1.165, 1.54) is 4.90 Å². The van der Waals surface area contributed by atoms with Crippen LogP contribution in [-0.2, 0) is 14.3 Å². The van der Waals surface area contributed by atoms with Gasteiger partial charge in [-0.25, -0.2) is 9.59 Å². The second kappa shape index (κ2) is 5.75. The molecule has 0 unspecified atom stereocenters. The number of carbonyl (C=O) groups is 2. The lowest BCUT2D eigenvalue weighted by atomic mass is 9.92. The smallest absolute Gasteiger partial charge is 0.410 e. The van der Waals surface area contributed by atoms with E-state index < -0.39 is 23.2 Å². The van der Waals surface area contributed by atoms with Crippen molar-refractivity contribution in [3.63, 3.8) is 0 Å². The third kappa shape index (κ3) is 4.03. The molecule has 18 heavy (non-hydrogen) atoms. The zero-order chi connectivity index (χ0) is 13.3. The highest BCUT2D eigenvalue weighted by Gasteiger charge is 2.50. The number of likely N-dealkylation sites (tertiary alicyclic amines) is 1. The SMILES string of the molecule is CCOC(=O)C1(N)CN(C(=O)OC(C)(C)C)C1.Cl. The first-order valence-electron chi connectivity index (χ1n) is 5.62. The molecule has 0 atom stereocenters. The van der Waals surface area contributed by atoms with Crippen LogP contribution in [-0.4, -0.2) is 47.8 Å². The molecule has 106 valence electrons. The maximum absolute atomic E-state index is 11.6. The van der Waals surface area contributed by atoms with E-state index in [0.717, 1.165) is 0 Å². The van der Waals surface area contributed by atoms with Crippen LogP contribution in [0.15, 0.2) is 0 Å². The summed E-state index contributed by atoms with van der Waals surface area (Å²) in [6, 6.07) is 0. The third-order valence-corrected chi connectivity index (χ3v) is 2.28. The summed E-state index contributed by atoms with van der Waals surface area (Å²) in [5.41, 5.74) is 4.18. The summed E-state index contributed by atoms with van der Waals surface area (Å²) in [5.74, 6) is -0.472. The fourth-order valence-corrected chi connectivity index (χ4v) is 1.49. The van der Waals surface area contributed by atoms with E-state index >= 15 is 0 Å². The van der Waals surface area contributed by atoms with Crippen LogP contribution in [0.4, 0.5) is 4.79 Å². The minimum Gasteiger partial charge on any atom is -0.465 e. The van der Waals surface area contributed by atoms with Gasteiger partial charge in [0.1, 0.15) is 5.60 Å². The molecule has 0 bridgehead atoms. The molecular formula is C11H21ClN2O4. The Morgan fingerprint density at radius 2 is 1.83 bits per heavy atom. The van der Waals surface area contributed by atoms with Gasteiger partial charge in [0.2, 0.25) is 0 Å². The van der Waals surface area contributed by atoms with Crippen molar-refractivity contribution in [1.29, 1.82) is 0 Å². The number of halogens is 1. The molecule has 2 N–H and O–H groups in total. The maximum Gasteiger partial charge on any atom is 0.410 e. The number of hydrogen-bond acceptors (Lipinski definition) is 5. The molecule has 7 heteroatoms. The van der Waals surface area contributed by atoms with Gasteiger partial charge >= 0.3 is 12.1 Å². The maximum atomic E-state index is 11.6. The van der Waals surface area contributed by atoms with Gasteiger partial charge in [0, 0.05) is 0 Å². The number of amides is 1. The van der Waals surface area contributed by atoms with Crippen LogP contribution in [0.2, 0.25) is 0 Å². The van der Waals surface area contributed by atoms with Gasteiger partial charge < -0.3 is 20.1 Å². The number of ether oxygens (including phenoxy) is 2. The van der Waals surface area contributed by atoms with Crippen molar-refractivity contribution in [3.05, 3.63) is 0 Å². The zero-order valence-corrected chi connectivity index (χ0v) is 12.0. The number of rotatable bonds is 2. The first-order chi connectivity index (χ1) is 7.68. The van der Waals surface area contributed by atoms with Crippen molar-refractivity contribution in [1.82, 2.24) is 4.90 Å². The molecule has 0 aromatic rings. The van der Waals surface area contributed by atoms with Crippen molar-refractivity contribution in [3.8, 4) is 0 Å². The predicted octanol–water partition coefficient (Wildman–Crippen LogP) is 0.919. The summed E-state index contributed by atoms with van der Waals surface area (Å²) in [7, 11) is 0. The summed E-state index contributed by atoms with van der Waals surface area (Å²) in [6.45, 7) is 7.63. The van der Waals surface area contributed by atoms with Gasteiger partial charge in [-0.1, -0.05) is 0 Å². The summed E-state index contributed by atoms with van der Waals surface area (Å²) in [6.07, 6.45) is -0.456. The Morgan fingerprint density at radius 3 is 2.22 bits per heavy atom. The van der Waals surface area contributed by atoms with Crippen molar-refractivity contribution < 1.29 is 19.1 Å². The first kappa shape index (κ1) is 17.0. The van der Waals surface area contributed by atoms with Gasteiger partial charge in [0.15, 0.2) is 5.54 Å². The highest BCUT2D eigenvalue weighted by molar-refractivity contribution is 5.85. The Morgan fingerprint density at radius 1 is 1.33 bits per heavy atom. The Labute approximate surface area is 113 Å². The van der Waals surface area contributed by atoms with Gasteiger partial charge in [-0.15, -0.1) is 12.4 Å². The average molecular weight is 281 g/mol. The minimum atomic E-state index is -1.08. The van der Waals surface area contributed by atoms with Crippen molar-refractivity contribution >= 4 is 24.5 Å².